The zero-order chi connectivity index (χ0) is 15.4. The maximum atomic E-state index is 12.3. The minimum absolute atomic E-state index is 0. The molecule has 4 N–H and O–H groups in total. The first-order valence-electron chi connectivity index (χ1n) is 5.62. The molecule has 2 atom stereocenters. The molecule has 0 heterocycles. The lowest BCUT2D eigenvalue weighted by Crippen LogP contribution is -2.45. The Kier molecular flexibility index (Phi) is 7.61. The molecule has 0 saturated heterocycles. The lowest BCUT2D eigenvalue weighted by molar-refractivity contribution is -0.174. The van der Waals surface area contributed by atoms with Crippen molar-refractivity contribution >= 4 is 12.1 Å². The monoisotopic (exact) mass is 303 g/mol. The molecular weight excluding hydrogens is 283 g/mol. The average Bonchev–Trinajstić information content (AvgIpc) is 2.11. The third-order valence-electron chi connectivity index (χ3n) is 2.14. The second kappa shape index (κ2) is 7.32. The minimum atomic E-state index is -4.51. The summed E-state index contributed by atoms with van der Waals surface area (Å²) in [7, 11) is 0. The molecule has 0 bridgehead atoms. The summed E-state index contributed by atoms with van der Waals surface area (Å²) >= 11 is 0. The van der Waals surface area contributed by atoms with E-state index in [0.717, 1.165) is 6.92 Å². The van der Waals surface area contributed by atoms with Crippen molar-refractivity contribution < 1.29 is 38.1 Å². The van der Waals surface area contributed by atoms with E-state index in [2.05, 4.69) is 0 Å². The van der Waals surface area contributed by atoms with Gasteiger partial charge in [0.25, 0.3) is 0 Å². The zero-order valence-electron chi connectivity index (χ0n) is 11.7. The van der Waals surface area contributed by atoms with E-state index < -0.39 is 42.2 Å². The van der Waals surface area contributed by atoms with Gasteiger partial charge < -0.3 is 20.6 Å². The van der Waals surface area contributed by atoms with Gasteiger partial charge in [0.15, 0.2) is 0 Å². The number of hydrogen-bond donors (Lipinski definition) is 2. The smallest absolute Gasteiger partial charge is 0.408 e. The number of carbonyl (C=O) groups is 2. The Morgan fingerprint density at radius 3 is 2.00 bits per heavy atom. The number of amides is 1. The Morgan fingerprint density at radius 2 is 1.70 bits per heavy atom. The molecule has 1 amide bonds. The third kappa shape index (κ3) is 8.57. The normalized spacial score (nSPS) is 14.8. The van der Waals surface area contributed by atoms with Gasteiger partial charge in [0.2, 0.25) is 0 Å². The molecule has 9 heteroatoms. The molecule has 0 aromatic rings. The number of rotatable bonds is 4. The molecule has 0 rings (SSSR count). The summed E-state index contributed by atoms with van der Waals surface area (Å²) in [5.41, 5.74) is -0.858. The van der Waals surface area contributed by atoms with E-state index >= 15 is 0 Å². The first-order chi connectivity index (χ1) is 8.33. The lowest BCUT2D eigenvalue weighted by Gasteiger charge is -2.24. The van der Waals surface area contributed by atoms with Crippen LogP contribution in [-0.2, 0) is 9.53 Å². The van der Waals surface area contributed by atoms with E-state index in [1.165, 1.54) is 0 Å². The molecule has 20 heavy (non-hydrogen) atoms. The van der Waals surface area contributed by atoms with Crippen LogP contribution in [0.5, 0.6) is 0 Å². The molecular formula is C11H20F3NO5. The highest BCUT2D eigenvalue weighted by atomic mass is 19.4. The second-order valence-electron chi connectivity index (χ2n) is 5.22. The number of alkyl halides is 3. The third-order valence-corrected chi connectivity index (χ3v) is 2.14. The summed E-state index contributed by atoms with van der Waals surface area (Å²) in [6.45, 7) is 5.52. The van der Waals surface area contributed by atoms with E-state index in [1.807, 2.05) is 5.32 Å². The van der Waals surface area contributed by atoms with Crippen molar-refractivity contribution in [1.29, 1.82) is 0 Å². The van der Waals surface area contributed by atoms with E-state index in [-0.39, 0.29) is 5.48 Å². The molecule has 0 aromatic carbocycles. The summed E-state index contributed by atoms with van der Waals surface area (Å²) in [6.07, 6.45) is -6.32. The van der Waals surface area contributed by atoms with Crippen molar-refractivity contribution in [3.63, 3.8) is 0 Å². The van der Waals surface area contributed by atoms with Crippen molar-refractivity contribution in [2.24, 2.45) is 5.92 Å². The maximum absolute atomic E-state index is 12.3. The number of carbonyl (C=O) groups excluding carboxylic acids is 1. The summed E-state index contributed by atoms with van der Waals surface area (Å²) < 4.78 is 41.8. The topological polar surface area (TPSA) is 107 Å². The molecule has 0 aliphatic heterocycles. The number of alkyl carbamates (subject to hydrolysis) is 1. The minimum Gasteiger partial charge on any atom is -0.480 e. The number of nitrogens with one attached hydrogen (secondary N) is 1. The van der Waals surface area contributed by atoms with Crippen molar-refractivity contribution in [3.05, 3.63) is 0 Å². The molecule has 0 fully saturated rings. The van der Waals surface area contributed by atoms with Crippen LogP contribution in [0.3, 0.4) is 0 Å². The second-order valence-corrected chi connectivity index (χ2v) is 5.22. The van der Waals surface area contributed by atoms with Crippen LogP contribution in [0.1, 0.15) is 34.1 Å². The van der Waals surface area contributed by atoms with Gasteiger partial charge in [0.05, 0.1) is 5.92 Å². The predicted molar refractivity (Wildman–Crippen MR) is 64.2 cm³/mol. The highest BCUT2D eigenvalue weighted by Gasteiger charge is 2.39. The van der Waals surface area contributed by atoms with E-state index in [4.69, 9.17) is 9.84 Å². The Hall–Kier alpha value is -1.51. The van der Waals surface area contributed by atoms with Gasteiger partial charge in [-0.1, -0.05) is 6.92 Å². The molecule has 0 aromatic heterocycles. The number of hydrogen-bond acceptors (Lipinski definition) is 3. The summed E-state index contributed by atoms with van der Waals surface area (Å²) in [4.78, 5) is 22.2. The number of carboxylic acid groups (broad SMARTS) is 1. The van der Waals surface area contributed by atoms with Gasteiger partial charge >= 0.3 is 18.2 Å². The first-order valence-corrected chi connectivity index (χ1v) is 5.62. The fraction of sp³-hybridized carbons (Fsp3) is 0.818. The standard InChI is InChI=1S/C11H18F3NO4.H2O/c1-6(11(12,13)14)5-7(8(16)17)15-9(18)19-10(2,3)4;/h6-7H,5H2,1-4H3,(H,15,18)(H,16,17);1H2/t6-,7+;/m1./s1. The zero-order valence-corrected chi connectivity index (χ0v) is 11.7. The van der Waals surface area contributed by atoms with Crippen LogP contribution in [0.25, 0.3) is 0 Å². The van der Waals surface area contributed by atoms with Gasteiger partial charge in [0, 0.05) is 0 Å². The fourth-order valence-corrected chi connectivity index (χ4v) is 1.16. The molecule has 0 aliphatic carbocycles. The molecule has 0 spiro atoms. The molecule has 0 radical (unpaired) electrons. The molecule has 6 nitrogen and oxygen atoms in total. The Labute approximate surface area is 114 Å². The van der Waals surface area contributed by atoms with E-state index in [0.29, 0.717) is 0 Å². The van der Waals surface area contributed by atoms with Crippen LogP contribution in [0.2, 0.25) is 0 Å². The summed E-state index contributed by atoms with van der Waals surface area (Å²) in [5.74, 6) is -3.38. The van der Waals surface area contributed by atoms with Crippen LogP contribution in [0.4, 0.5) is 18.0 Å². The van der Waals surface area contributed by atoms with Crippen molar-refractivity contribution in [3.8, 4) is 0 Å². The highest BCUT2D eigenvalue weighted by molar-refractivity contribution is 5.80. The van der Waals surface area contributed by atoms with Gasteiger partial charge in [-0.05, 0) is 27.2 Å². The van der Waals surface area contributed by atoms with Gasteiger partial charge in [0.1, 0.15) is 11.6 Å². The lowest BCUT2D eigenvalue weighted by atomic mass is 10.0. The number of halogens is 3. The van der Waals surface area contributed by atoms with Crippen molar-refractivity contribution in [2.75, 3.05) is 0 Å². The van der Waals surface area contributed by atoms with Gasteiger partial charge in [-0.3, -0.25) is 0 Å². The van der Waals surface area contributed by atoms with Gasteiger partial charge in [-0.15, -0.1) is 0 Å². The fourth-order valence-electron chi connectivity index (χ4n) is 1.16. The van der Waals surface area contributed by atoms with Crippen LogP contribution < -0.4 is 5.32 Å². The summed E-state index contributed by atoms with van der Waals surface area (Å²) in [5, 5.41) is 10.7. The Morgan fingerprint density at radius 1 is 1.25 bits per heavy atom. The van der Waals surface area contributed by atoms with Gasteiger partial charge in [-0.2, -0.15) is 13.2 Å². The highest BCUT2D eigenvalue weighted by Crippen LogP contribution is 2.29. The SMILES string of the molecule is C[C@H](C[C@H](NC(=O)OC(C)(C)C)C(=O)O)C(F)(F)F.O. The number of aliphatic carboxylic acids is 1. The molecule has 0 unspecified atom stereocenters. The maximum Gasteiger partial charge on any atom is 0.408 e. The molecule has 120 valence electrons. The average molecular weight is 303 g/mol. The van der Waals surface area contributed by atoms with Gasteiger partial charge in [-0.25, -0.2) is 9.59 Å². The number of ether oxygens (including phenoxy) is 1. The Bertz CT molecular complexity index is 338. The van der Waals surface area contributed by atoms with Crippen LogP contribution in [-0.4, -0.2) is 40.5 Å². The quantitative estimate of drug-likeness (QED) is 0.824. The number of carboxylic acids is 1. The Balaban J connectivity index is 0. The first kappa shape index (κ1) is 20.8. The van der Waals surface area contributed by atoms with Crippen LogP contribution >= 0.6 is 0 Å². The van der Waals surface area contributed by atoms with Crippen LogP contribution in [0.15, 0.2) is 0 Å². The largest absolute Gasteiger partial charge is 0.480 e. The van der Waals surface area contributed by atoms with E-state index in [9.17, 15) is 22.8 Å². The molecule has 0 saturated carbocycles. The predicted octanol–water partition coefficient (Wildman–Crippen LogP) is 1.73. The van der Waals surface area contributed by atoms with Crippen molar-refractivity contribution in [2.45, 2.75) is 51.9 Å². The van der Waals surface area contributed by atoms with Crippen LogP contribution in [0, 0.1) is 5.92 Å². The molecule has 0 aliphatic rings. The summed E-state index contributed by atoms with van der Waals surface area (Å²) in [6, 6.07) is -1.65. The van der Waals surface area contributed by atoms with E-state index in [1.54, 1.807) is 20.8 Å². The van der Waals surface area contributed by atoms with Crippen molar-refractivity contribution in [1.82, 2.24) is 5.32 Å².